The topological polar surface area (TPSA) is 64.4 Å². The Morgan fingerprint density at radius 2 is 2.18 bits per heavy atom. The fourth-order valence-electron chi connectivity index (χ4n) is 2.03. The first-order valence-electron chi connectivity index (χ1n) is 6.24. The van der Waals surface area contributed by atoms with Crippen LogP contribution in [0.5, 0.6) is 0 Å². The molecule has 3 N–H and O–H groups in total. The molecule has 1 fully saturated rings. The van der Waals surface area contributed by atoms with Gasteiger partial charge in [-0.15, -0.1) is 12.4 Å². The van der Waals surface area contributed by atoms with Crippen LogP contribution in [0.3, 0.4) is 0 Å². The molecule has 2 atom stereocenters. The van der Waals surface area contributed by atoms with Gasteiger partial charge in [0.25, 0.3) is 0 Å². The summed E-state index contributed by atoms with van der Waals surface area (Å²) >= 11 is 0. The maximum absolute atomic E-state index is 12.0. The maximum Gasteiger partial charge on any atom is 0.240 e. The van der Waals surface area contributed by atoms with Crippen molar-refractivity contribution in [3.63, 3.8) is 0 Å². The van der Waals surface area contributed by atoms with Crippen molar-refractivity contribution in [1.29, 1.82) is 0 Å². The number of carbonyl (C=O) groups excluding carboxylic acids is 1. The van der Waals surface area contributed by atoms with Crippen molar-refractivity contribution in [3.8, 4) is 0 Å². The molecule has 5 heteroatoms. The zero-order chi connectivity index (χ0) is 12.0. The normalized spacial score (nSPS) is 24.1. The van der Waals surface area contributed by atoms with E-state index in [-0.39, 0.29) is 24.4 Å². The van der Waals surface area contributed by atoms with E-state index >= 15 is 0 Å². The van der Waals surface area contributed by atoms with Gasteiger partial charge in [-0.05, 0) is 32.6 Å². The number of nitrogens with two attached hydrogens (primary N) is 1. The van der Waals surface area contributed by atoms with Crippen LogP contribution in [0.15, 0.2) is 0 Å². The Labute approximate surface area is 110 Å². The number of hydrogen-bond donors (Lipinski definition) is 2. The SMILES string of the molecule is CCCC(C)(N)C(=O)NC1CCCOCC1.Cl. The second-order valence-electron chi connectivity index (χ2n) is 4.88. The lowest BCUT2D eigenvalue weighted by atomic mass is 9.95. The van der Waals surface area contributed by atoms with Crippen LogP contribution in [-0.2, 0) is 9.53 Å². The molecule has 1 aliphatic heterocycles. The van der Waals surface area contributed by atoms with Gasteiger partial charge in [-0.2, -0.15) is 0 Å². The lowest BCUT2D eigenvalue weighted by molar-refractivity contribution is -0.126. The molecule has 0 bridgehead atoms. The number of ether oxygens (including phenoxy) is 1. The fourth-order valence-corrected chi connectivity index (χ4v) is 2.03. The fraction of sp³-hybridized carbons (Fsp3) is 0.917. The van der Waals surface area contributed by atoms with Crippen LogP contribution in [0, 0.1) is 0 Å². The summed E-state index contributed by atoms with van der Waals surface area (Å²) in [5.74, 6) is -0.0266. The third-order valence-electron chi connectivity index (χ3n) is 3.08. The van der Waals surface area contributed by atoms with Crippen molar-refractivity contribution >= 4 is 18.3 Å². The van der Waals surface area contributed by atoms with E-state index in [1.54, 1.807) is 6.92 Å². The zero-order valence-corrected chi connectivity index (χ0v) is 11.6. The van der Waals surface area contributed by atoms with Gasteiger partial charge in [-0.3, -0.25) is 4.79 Å². The monoisotopic (exact) mass is 264 g/mol. The van der Waals surface area contributed by atoms with E-state index in [9.17, 15) is 4.79 Å². The Kier molecular flexibility index (Phi) is 7.75. The third-order valence-corrected chi connectivity index (χ3v) is 3.08. The predicted molar refractivity (Wildman–Crippen MR) is 71.3 cm³/mol. The minimum Gasteiger partial charge on any atom is -0.381 e. The molecular weight excluding hydrogens is 240 g/mol. The molecule has 0 spiro atoms. The predicted octanol–water partition coefficient (Wildman–Crippen LogP) is 1.61. The first kappa shape index (κ1) is 16.7. The number of amides is 1. The summed E-state index contributed by atoms with van der Waals surface area (Å²) in [4.78, 5) is 12.0. The van der Waals surface area contributed by atoms with Crippen LogP contribution in [-0.4, -0.2) is 30.7 Å². The summed E-state index contributed by atoms with van der Waals surface area (Å²) in [6.45, 7) is 5.39. The van der Waals surface area contributed by atoms with Crippen molar-refractivity contribution in [2.75, 3.05) is 13.2 Å². The number of nitrogens with one attached hydrogen (secondary N) is 1. The van der Waals surface area contributed by atoms with Gasteiger partial charge in [-0.1, -0.05) is 13.3 Å². The highest BCUT2D eigenvalue weighted by atomic mass is 35.5. The van der Waals surface area contributed by atoms with E-state index in [0.717, 1.165) is 45.3 Å². The molecule has 1 saturated heterocycles. The van der Waals surface area contributed by atoms with Gasteiger partial charge in [0.15, 0.2) is 0 Å². The molecule has 0 aliphatic carbocycles. The van der Waals surface area contributed by atoms with E-state index in [4.69, 9.17) is 10.5 Å². The highest BCUT2D eigenvalue weighted by molar-refractivity contribution is 5.86. The van der Waals surface area contributed by atoms with Gasteiger partial charge in [0, 0.05) is 19.3 Å². The second-order valence-corrected chi connectivity index (χ2v) is 4.88. The van der Waals surface area contributed by atoms with E-state index < -0.39 is 5.54 Å². The molecule has 0 aromatic rings. The number of rotatable bonds is 4. The number of halogens is 1. The average Bonchev–Trinajstić information content (AvgIpc) is 2.46. The Morgan fingerprint density at radius 3 is 2.82 bits per heavy atom. The Balaban J connectivity index is 0.00000256. The van der Waals surface area contributed by atoms with Gasteiger partial charge in [0.05, 0.1) is 5.54 Å². The summed E-state index contributed by atoms with van der Waals surface area (Å²) in [6.07, 6.45) is 4.55. The first-order chi connectivity index (χ1) is 7.56. The summed E-state index contributed by atoms with van der Waals surface area (Å²) in [5, 5.41) is 3.04. The second kappa shape index (κ2) is 7.90. The minimum absolute atomic E-state index is 0. The summed E-state index contributed by atoms with van der Waals surface area (Å²) in [5.41, 5.74) is 5.25. The van der Waals surface area contributed by atoms with Crippen LogP contribution in [0.25, 0.3) is 0 Å². The van der Waals surface area contributed by atoms with Crippen LogP contribution in [0.4, 0.5) is 0 Å². The smallest absolute Gasteiger partial charge is 0.240 e. The Bertz CT molecular complexity index is 227. The highest BCUT2D eigenvalue weighted by Gasteiger charge is 2.29. The number of hydrogen-bond acceptors (Lipinski definition) is 3. The van der Waals surface area contributed by atoms with E-state index in [2.05, 4.69) is 5.32 Å². The molecule has 1 heterocycles. The Hall–Kier alpha value is -0.320. The van der Waals surface area contributed by atoms with Gasteiger partial charge in [0.1, 0.15) is 0 Å². The standard InChI is InChI=1S/C12H24N2O2.ClH/c1-3-7-12(2,13)11(15)14-10-5-4-8-16-9-6-10;/h10H,3-9,13H2,1-2H3,(H,14,15);1H. The molecular formula is C12H25ClN2O2. The molecule has 102 valence electrons. The minimum atomic E-state index is -0.734. The van der Waals surface area contributed by atoms with Crippen LogP contribution in [0.2, 0.25) is 0 Å². The third kappa shape index (κ3) is 5.70. The summed E-state index contributed by atoms with van der Waals surface area (Å²) < 4.78 is 5.36. The van der Waals surface area contributed by atoms with Gasteiger partial charge >= 0.3 is 0 Å². The number of carbonyl (C=O) groups is 1. The molecule has 0 radical (unpaired) electrons. The van der Waals surface area contributed by atoms with E-state index in [1.165, 1.54) is 0 Å². The van der Waals surface area contributed by atoms with Crippen molar-refractivity contribution in [3.05, 3.63) is 0 Å². The molecule has 1 amide bonds. The molecule has 1 aliphatic rings. The van der Waals surface area contributed by atoms with Crippen molar-refractivity contribution in [1.82, 2.24) is 5.32 Å². The Morgan fingerprint density at radius 1 is 1.47 bits per heavy atom. The molecule has 0 saturated carbocycles. The molecule has 1 rings (SSSR count). The largest absolute Gasteiger partial charge is 0.381 e. The lowest BCUT2D eigenvalue weighted by Crippen LogP contribution is -2.54. The van der Waals surface area contributed by atoms with Crippen molar-refractivity contribution < 1.29 is 9.53 Å². The molecule has 4 nitrogen and oxygen atoms in total. The lowest BCUT2D eigenvalue weighted by Gasteiger charge is -2.26. The summed E-state index contributed by atoms with van der Waals surface area (Å²) in [6, 6.07) is 0.231. The molecule has 0 aromatic heterocycles. The first-order valence-corrected chi connectivity index (χ1v) is 6.24. The van der Waals surface area contributed by atoms with Crippen LogP contribution < -0.4 is 11.1 Å². The zero-order valence-electron chi connectivity index (χ0n) is 10.8. The van der Waals surface area contributed by atoms with Gasteiger partial charge < -0.3 is 15.8 Å². The van der Waals surface area contributed by atoms with E-state index in [0.29, 0.717) is 0 Å². The quantitative estimate of drug-likeness (QED) is 0.811. The van der Waals surface area contributed by atoms with Crippen molar-refractivity contribution in [2.24, 2.45) is 5.73 Å². The van der Waals surface area contributed by atoms with Crippen molar-refractivity contribution in [2.45, 2.75) is 57.5 Å². The van der Waals surface area contributed by atoms with Crippen LogP contribution in [0.1, 0.15) is 46.0 Å². The molecule has 2 unspecified atom stereocenters. The highest BCUT2D eigenvalue weighted by Crippen LogP contribution is 2.12. The molecule has 17 heavy (non-hydrogen) atoms. The van der Waals surface area contributed by atoms with Gasteiger partial charge in [0.2, 0.25) is 5.91 Å². The van der Waals surface area contributed by atoms with Gasteiger partial charge in [-0.25, -0.2) is 0 Å². The van der Waals surface area contributed by atoms with Crippen LogP contribution >= 0.6 is 12.4 Å². The summed E-state index contributed by atoms with van der Waals surface area (Å²) in [7, 11) is 0. The molecule has 0 aromatic carbocycles. The van der Waals surface area contributed by atoms with E-state index in [1.807, 2.05) is 6.92 Å². The maximum atomic E-state index is 12.0. The average molecular weight is 265 g/mol.